The van der Waals surface area contributed by atoms with Crippen molar-refractivity contribution in [3.63, 3.8) is 0 Å². The standard InChI is InChI=1S/C53H52F7N9O7S2/c1-29-42(78-28-65-29)31-12-10-30(11-13-31)25-63-45(72)38-9-7-21-67(38)47(73)43(50(2,3)4)66-39(70)27-75-22-8-20-62-44(71)32-14-17-35(18-15-32)76-46-36(52(55,56)57)23-34(26-64-46)69-49(77)68(48(74)51(69,5)6)37-19-16-33(24-61)40(41(37)54)53(58,59)60/h10-19,23,26,28,38,43H,7-9,20-22,25,27H2,1-6H3,(H,62,71)(H,63,72)(H,66,70)/t38-,43+/m0/s1. The van der Waals surface area contributed by atoms with Crippen LogP contribution in [0.1, 0.15) is 92.2 Å². The van der Waals surface area contributed by atoms with Crippen LogP contribution in [0, 0.1) is 29.5 Å². The first-order valence-electron chi connectivity index (χ1n) is 24.2. The zero-order valence-corrected chi connectivity index (χ0v) is 44.5. The van der Waals surface area contributed by atoms with Crippen LogP contribution in [0.15, 0.2) is 78.4 Å². The minimum atomic E-state index is -5.35. The molecule has 0 bridgehead atoms. The number of amides is 5. The van der Waals surface area contributed by atoms with Gasteiger partial charge in [-0.05, 0) is 111 Å². The molecule has 7 rings (SSSR count). The van der Waals surface area contributed by atoms with Gasteiger partial charge in [0.15, 0.2) is 10.9 Å². The lowest BCUT2D eigenvalue weighted by Gasteiger charge is -2.35. The van der Waals surface area contributed by atoms with Crippen molar-refractivity contribution in [1.82, 2.24) is 30.8 Å². The van der Waals surface area contributed by atoms with E-state index in [0.29, 0.717) is 36.4 Å². The molecule has 5 aromatic rings. The number of ether oxygens (including phenoxy) is 2. The lowest BCUT2D eigenvalue weighted by Crippen LogP contribution is -2.58. The van der Waals surface area contributed by atoms with Gasteiger partial charge in [0.25, 0.3) is 11.8 Å². The minimum absolute atomic E-state index is 0.0397. The summed E-state index contributed by atoms with van der Waals surface area (Å²) in [5.41, 5.74) is -3.76. The van der Waals surface area contributed by atoms with E-state index in [2.05, 4.69) is 25.9 Å². The molecule has 412 valence electrons. The quantitative estimate of drug-likeness (QED) is 0.0454. The highest BCUT2D eigenvalue weighted by atomic mass is 32.1. The molecule has 78 heavy (non-hydrogen) atoms. The number of anilines is 2. The SMILES string of the molecule is Cc1ncsc1-c1ccc(CNC(=O)[C@@H]2CCCN2C(=O)[C@@H](NC(=O)COCCCNC(=O)c2ccc(Oc3ncc(N4C(=S)N(c5ccc(C#N)c(C(F)(F)F)c5F)C(=O)C4(C)C)cc3C(F)(F)F)cc2)C(C)(C)C)cc1. The third kappa shape index (κ3) is 12.7. The minimum Gasteiger partial charge on any atom is -0.438 e. The molecule has 2 aromatic heterocycles. The number of rotatable bonds is 17. The third-order valence-electron chi connectivity index (χ3n) is 12.8. The molecule has 5 amide bonds. The van der Waals surface area contributed by atoms with Crippen LogP contribution < -0.4 is 30.5 Å². The lowest BCUT2D eigenvalue weighted by atomic mass is 9.85. The Kier molecular flexibility index (Phi) is 17.3. The van der Waals surface area contributed by atoms with Gasteiger partial charge in [-0.25, -0.2) is 14.4 Å². The molecule has 0 aliphatic carbocycles. The molecule has 2 atom stereocenters. The predicted molar refractivity (Wildman–Crippen MR) is 277 cm³/mol. The van der Waals surface area contributed by atoms with Crippen LogP contribution in [0.2, 0.25) is 0 Å². The molecule has 4 heterocycles. The first kappa shape index (κ1) is 58.1. The fourth-order valence-corrected chi connectivity index (χ4v) is 10.1. The monoisotopic (exact) mass is 1120 g/mol. The molecule has 16 nitrogen and oxygen atoms in total. The molecular formula is C53H52F7N9O7S2. The molecule has 2 aliphatic heterocycles. The molecule has 2 aliphatic rings. The molecule has 0 radical (unpaired) electrons. The second kappa shape index (κ2) is 23.2. The van der Waals surface area contributed by atoms with E-state index >= 15 is 4.39 Å². The number of alkyl halides is 6. The van der Waals surface area contributed by atoms with E-state index in [1.807, 2.05) is 31.2 Å². The average molecular weight is 1120 g/mol. The highest BCUT2D eigenvalue weighted by Gasteiger charge is 2.53. The Morgan fingerprint density at radius 2 is 1.65 bits per heavy atom. The van der Waals surface area contributed by atoms with E-state index in [1.165, 1.54) is 49.1 Å². The van der Waals surface area contributed by atoms with Crippen molar-refractivity contribution in [3.8, 4) is 28.1 Å². The van der Waals surface area contributed by atoms with Gasteiger partial charge in [0.05, 0.1) is 45.3 Å². The topological polar surface area (TPSA) is 199 Å². The van der Waals surface area contributed by atoms with Gasteiger partial charge in [-0.15, -0.1) is 11.3 Å². The summed E-state index contributed by atoms with van der Waals surface area (Å²) in [6.07, 6.45) is -8.27. The Morgan fingerprint density at radius 1 is 0.962 bits per heavy atom. The van der Waals surface area contributed by atoms with Crippen molar-refractivity contribution >= 4 is 69.6 Å². The summed E-state index contributed by atoms with van der Waals surface area (Å²) in [4.78, 5) is 79.0. The van der Waals surface area contributed by atoms with Crippen molar-refractivity contribution in [1.29, 1.82) is 5.26 Å². The normalized spacial score (nSPS) is 16.0. The van der Waals surface area contributed by atoms with Crippen LogP contribution >= 0.6 is 23.6 Å². The van der Waals surface area contributed by atoms with Crippen LogP contribution in [0.5, 0.6) is 11.6 Å². The van der Waals surface area contributed by atoms with Crippen molar-refractivity contribution in [2.45, 2.75) is 97.3 Å². The van der Waals surface area contributed by atoms with Crippen LogP contribution in [0.25, 0.3) is 10.4 Å². The van der Waals surface area contributed by atoms with Crippen molar-refractivity contribution in [3.05, 3.63) is 118 Å². The van der Waals surface area contributed by atoms with Crippen LogP contribution in [-0.2, 0) is 42.8 Å². The Morgan fingerprint density at radius 3 is 2.27 bits per heavy atom. The van der Waals surface area contributed by atoms with Gasteiger partial charge in [0.2, 0.25) is 23.6 Å². The number of halogens is 7. The van der Waals surface area contributed by atoms with Gasteiger partial charge < -0.3 is 35.2 Å². The maximum Gasteiger partial charge on any atom is 0.421 e. The average Bonchev–Trinajstić information content (AvgIpc) is 4.23. The highest BCUT2D eigenvalue weighted by molar-refractivity contribution is 7.81. The summed E-state index contributed by atoms with van der Waals surface area (Å²) < 4.78 is 112. The molecule has 0 saturated carbocycles. The Bertz CT molecular complexity index is 3160. The Hall–Kier alpha value is -7.56. The number of aryl methyl sites for hydroxylation is 1. The number of nitrogens with one attached hydrogen (secondary N) is 3. The second-order valence-electron chi connectivity index (χ2n) is 19.8. The number of carbonyl (C=O) groups is 5. The van der Waals surface area contributed by atoms with E-state index in [9.17, 15) is 55.6 Å². The van der Waals surface area contributed by atoms with Gasteiger partial charge in [0.1, 0.15) is 41.1 Å². The fraction of sp³-hybridized carbons (Fsp3) is 0.377. The molecule has 0 unspecified atom stereocenters. The van der Waals surface area contributed by atoms with E-state index in [-0.39, 0.29) is 49.2 Å². The number of hydrogen-bond acceptors (Lipinski definition) is 12. The molecule has 0 spiro atoms. The maximum absolute atomic E-state index is 15.5. The van der Waals surface area contributed by atoms with Gasteiger partial charge in [0, 0.05) is 31.8 Å². The van der Waals surface area contributed by atoms with Crippen LogP contribution in [-0.4, -0.2) is 93.4 Å². The summed E-state index contributed by atoms with van der Waals surface area (Å²) in [5, 5.41) is 16.9. The summed E-state index contributed by atoms with van der Waals surface area (Å²) in [6.45, 7) is 10.1. The highest BCUT2D eigenvalue weighted by Crippen LogP contribution is 2.45. The predicted octanol–water partition coefficient (Wildman–Crippen LogP) is 9.25. The van der Waals surface area contributed by atoms with Crippen molar-refractivity contribution < 1.29 is 64.2 Å². The van der Waals surface area contributed by atoms with Gasteiger partial charge in [-0.3, -0.25) is 28.9 Å². The van der Waals surface area contributed by atoms with Crippen molar-refractivity contribution in [2.24, 2.45) is 5.41 Å². The number of pyridine rings is 1. The molecule has 2 saturated heterocycles. The summed E-state index contributed by atoms with van der Waals surface area (Å²) >= 11 is 6.90. The largest absolute Gasteiger partial charge is 0.438 e. The van der Waals surface area contributed by atoms with E-state index in [4.69, 9.17) is 21.7 Å². The number of carbonyl (C=O) groups excluding carboxylic acids is 5. The second-order valence-corrected chi connectivity index (χ2v) is 21.0. The number of hydrogen-bond donors (Lipinski definition) is 3. The fourth-order valence-electron chi connectivity index (χ4n) is 8.81. The smallest absolute Gasteiger partial charge is 0.421 e. The Balaban J connectivity index is 0.885. The zero-order chi connectivity index (χ0) is 57.1. The summed E-state index contributed by atoms with van der Waals surface area (Å²) in [5.74, 6) is -6.00. The number of thiocarbonyl (C=S) groups is 1. The van der Waals surface area contributed by atoms with Gasteiger partial charge in [-0.2, -0.15) is 31.6 Å². The summed E-state index contributed by atoms with van der Waals surface area (Å²) in [6, 6.07) is 14.3. The number of aromatic nitrogens is 2. The van der Waals surface area contributed by atoms with Crippen LogP contribution in [0.3, 0.4) is 0 Å². The number of thiazole rings is 1. The maximum atomic E-state index is 15.5. The van der Waals surface area contributed by atoms with Crippen LogP contribution in [0.4, 0.5) is 42.1 Å². The van der Waals surface area contributed by atoms with E-state index < -0.39 is 105 Å². The number of likely N-dealkylation sites (tertiary alicyclic amines) is 1. The van der Waals surface area contributed by atoms with Gasteiger partial charge >= 0.3 is 12.4 Å². The molecule has 2 fully saturated rings. The lowest BCUT2D eigenvalue weighted by molar-refractivity contribution is -0.144. The number of benzene rings is 3. The zero-order valence-electron chi connectivity index (χ0n) is 42.8. The van der Waals surface area contributed by atoms with E-state index in [1.54, 1.807) is 37.6 Å². The van der Waals surface area contributed by atoms with Crippen molar-refractivity contribution in [2.75, 3.05) is 36.1 Å². The first-order valence-corrected chi connectivity index (χ1v) is 25.5. The third-order valence-corrected chi connectivity index (χ3v) is 14.2. The Labute approximate surface area is 452 Å². The molecule has 3 aromatic carbocycles. The first-order chi connectivity index (χ1) is 36.6. The molecule has 25 heteroatoms. The summed E-state index contributed by atoms with van der Waals surface area (Å²) in [7, 11) is 0. The molecule has 3 N–H and O–H groups in total. The van der Waals surface area contributed by atoms with E-state index in [0.717, 1.165) is 38.9 Å². The number of nitriles is 1. The molecular weight excluding hydrogens is 1070 g/mol. The number of nitrogens with zero attached hydrogens (tertiary/aromatic N) is 6. The van der Waals surface area contributed by atoms with Gasteiger partial charge in [-0.1, -0.05) is 45.0 Å².